The van der Waals surface area contributed by atoms with E-state index in [9.17, 15) is 0 Å². The fourth-order valence-corrected chi connectivity index (χ4v) is 1.91. The maximum atomic E-state index is 5.93. The van der Waals surface area contributed by atoms with Crippen molar-refractivity contribution in [1.29, 1.82) is 0 Å². The minimum Gasteiger partial charge on any atom is -0.378 e. The van der Waals surface area contributed by atoms with Crippen molar-refractivity contribution in [3.63, 3.8) is 0 Å². The molecule has 0 saturated carbocycles. The zero-order chi connectivity index (χ0) is 12.4. The highest BCUT2D eigenvalue weighted by Crippen LogP contribution is 2.18. The smallest absolute Gasteiger partial charge is 0.200 e. The van der Waals surface area contributed by atoms with Crippen LogP contribution in [0.1, 0.15) is 5.56 Å². The van der Waals surface area contributed by atoms with Crippen molar-refractivity contribution >= 4 is 22.9 Å². The number of anilines is 1. The highest BCUT2D eigenvalue weighted by atomic mass is 35.5. The quantitative estimate of drug-likeness (QED) is 0.785. The van der Waals surface area contributed by atoms with Gasteiger partial charge in [-0.05, 0) is 5.56 Å². The van der Waals surface area contributed by atoms with Crippen molar-refractivity contribution in [3.05, 3.63) is 53.4 Å². The zero-order valence-corrected chi connectivity index (χ0v) is 10.2. The number of benzene rings is 1. The van der Waals surface area contributed by atoms with Crippen molar-refractivity contribution in [2.75, 3.05) is 5.32 Å². The van der Waals surface area contributed by atoms with E-state index in [1.54, 1.807) is 10.6 Å². The second kappa shape index (κ2) is 4.62. The molecule has 0 aliphatic rings. The number of aromatic nitrogens is 4. The van der Waals surface area contributed by atoms with Gasteiger partial charge in [0.2, 0.25) is 5.65 Å². The lowest BCUT2D eigenvalue weighted by molar-refractivity contribution is 0.925. The van der Waals surface area contributed by atoms with Gasteiger partial charge in [0.15, 0.2) is 5.15 Å². The predicted molar refractivity (Wildman–Crippen MR) is 69.6 cm³/mol. The molecule has 0 bridgehead atoms. The summed E-state index contributed by atoms with van der Waals surface area (Å²) < 4.78 is 1.55. The minimum absolute atomic E-state index is 0.401. The van der Waals surface area contributed by atoms with Crippen LogP contribution in [0.4, 0.5) is 5.69 Å². The maximum absolute atomic E-state index is 5.93. The fourth-order valence-electron chi connectivity index (χ4n) is 1.72. The van der Waals surface area contributed by atoms with Crippen LogP contribution in [0, 0.1) is 0 Å². The molecule has 1 aromatic carbocycles. The molecule has 0 spiro atoms. The number of rotatable bonds is 3. The molecule has 0 fully saturated rings. The highest BCUT2D eigenvalue weighted by molar-refractivity contribution is 6.29. The van der Waals surface area contributed by atoms with Gasteiger partial charge in [-0.2, -0.15) is 9.61 Å². The van der Waals surface area contributed by atoms with Crippen molar-refractivity contribution in [1.82, 2.24) is 19.8 Å². The van der Waals surface area contributed by atoms with Crippen LogP contribution in [0.5, 0.6) is 0 Å². The van der Waals surface area contributed by atoms with E-state index in [-0.39, 0.29) is 0 Å². The van der Waals surface area contributed by atoms with Gasteiger partial charge in [0.1, 0.15) is 6.33 Å². The van der Waals surface area contributed by atoms with E-state index in [2.05, 4.69) is 32.7 Å². The molecule has 6 heteroatoms. The van der Waals surface area contributed by atoms with Gasteiger partial charge in [-0.15, -0.1) is 10.2 Å². The Hall–Kier alpha value is -2.14. The second-order valence-corrected chi connectivity index (χ2v) is 4.21. The van der Waals surface area contributed by atoms with Gasteiger partial charge in [0.25, 0.3) is 0 Å². The molecule has 0 amide bonds. The largest absolute Gasteiger partial charge is 0.378 e. The molecule has 0 unspecified atom stereocenters. The summed E-state index contributed by atoms with van der Waals surface area (Å²) in [5.74, 6) is 0. The third-order valence-electron chi connectivity index (χ3n) is 2.56. The Kier molecular flexibility index (Phi) is 2.82. The van der Waals surface area contributed by atoms with Crippen molar-refractivity contribution in [2.45, 2.75) is 6.54 Å². The third kappa shape index (κ3) is 2.12. The van der Waals surface area contributed by atoms with Crippen LogP contribution in [-0.4, -0.2) is 19.8 Å². The predicted octanol–water partition coefficient (Wildman–Crippen LogP) is 2.39. The Balaban J connectivity index is 1.88. The molecule has 0 radical (unpaired) electrons. The first-order chi connectivity index (χ1) is 8.83. The van der Waals surface area contributed by atoms with Gasteiger partial charge in [0, 0.05) is 12.6 Å². The molecule has 0 aliphatic carbocycles. The molecule has 90 valence electrons. The number of halogens is 1. The molecule has 0 aliphatic heterocycles. The van der Waals surface area contributed by atoms with Gasteiger partial charge >= 0.3 is 0 Å². The summed E-state index contributed by atoms with van der Waals surface area (Å²) in [6.45, 7) is 0.698. The lowest BCUT2D eigenvalue weighted by atomic mass is 10.2. The number of fused-ring (bicyclic) bond motifs is 1. The Morgan fingerprint density at radius 3 is 2.89 bits per heavy atom. The monoisotopic (exact) mass is 259 g/mol. The van der Waals surface area contributed by atoms with Crippen molar-refractivity contribution < 1.29 is 0 Å². The summed E-state index contributed by atoms with van der Waals surface area (Å²) in [6, 6.07) is 11.8. The Labute approximate surface area is 108 Å². The maximum Gasteiger partial charge on any atom is 0.200 e. The second-order valence-electron chi connectivity index (χ2n) is 3.82. The normalized spacial score (nSPS) is 10.7. The van der Waals surface area contributed by atoms with Crippen LogP contribution < -0.4 is 5.32 Å². The van der Waals surface area contributed by atoms with Gasteiger partial charge in [-0.3, -0.25) is 0 Å². The lowest BCUT2D eigenvalue weighted by Gasteiger charge is -2.07. The molecular formula is C12H10ClN5. The van der Waals surface area contributed by atoms with E-state index in [1.807, 2.05) is 18.2 Å². The van der Waals surface area contributed by atoms with Crippen LogP contribution in [0.3, 0.4) is 0 Å². The molecule has 3 rings (SSSR count). The van der Waals surface area contributed by atoms with Gasteiger partial charge < -0.3 is 5.32 Å². The van der Waals surface area contributed by atoms with Gasteiger partial charge in [-0.25, -0.2) is 0 Å². The first-order valence-electron chi connectivity index (χ1n) is 5.47. The molecule has 5 nitrogen and oxygen atoms in total. The summed E-state index contributed by atoms with van der Waals surface area (Å²) in [6.07, 6.45) is 1.52. The molecule has 3 aromatic rings. The van der Waals surface area contributed by atoms with Crippen LogP contribution in [0.25, 0.3) is 5.65 Å². The van der Waals surface area contributed by atoms with Crippen LogP contribution in [0.2, 0.25) is 5.15 Å². The average molecular weight is 260 g/mol. The molecule has 18 heavy (non-hydrogen) atoms. The van der Waals surface area contributed by atoms with Gasteiger partial charge in [0.05, 0.1) is 5.69 Å². The topological polar surface area (TPSA) is 55.1 Å². The molecular weight excluding hydrogens is 250 g/mol. The fraction of sp³-hybridized carbons (Fsp3) is 0.0833. The van der Waals surface area contributed by atoms with E-state index in [4.69, 9.17) is 11.6 Å². The Bertz CT molecular complexity index is 665. The van der Waals surface area contributed by atoms with Gasteiger partial charge in [-0.1, -0.05) is 41.9 Å². The van der Waals surface area contributed by atoms with E-state index in [0.29, 0.717) is 17.3 Å². The highest BCUT2D eigenvalue weighted by Gasteiger charge is 2.06. The van der Waals surface area contributed by atoms with Crippen molar-refractivity contribution in [2.24, 2.45) is 0 Å². The summed E-state index contributed by atoms with van der Waals surface area (Å²) in [7, 11) is 0. The van der Waals surface area contributed by atoms with Crippen molar-refractivity contribution in [3.8, 4) is 0 Å². The molecule has 0 atom stereocenters. The minimum atomic E-state index is 0.401. The van der Waals surface area contributed by atoms with E-state index in [1.165, 1.54) is 11.9 Å². The number of hydrogen-bond donors (Lipinski definition) is 1. The van der Waals surface area contributed by atoms with E-state index in [0.717, 1.165) is 5.69 Å². The SMILES string of the molecule is Clc1cc(NCc2ccccc2)c2nncn2n1. The summed E-state index contributed by atoms with van der Waals surface area (Å²) in [5.41, 5.74) is 2.66. The Morgan fingerprint density at radius 1 is 1.22 bits per heavy atom. The average Bonchev–Trinajstić information content (AvgIpc) is 2.85. The molecule has 0 saturated heterocycles. The standard InChI is InChI=1S/C12H10ClN5/c13-11-6-10(12-16-15-8-18(12)17-11)14-7-9-4-2-1-3-5-9/h1-6,8,14H,7H2. The van der Waals surface area contributed by atoms with E-state index < -0.39 is 0 Å². The summed E-state index contributed by atoms with van der Waals surface area (Å²) in [4.78, 5) is 0. The first kappa shape index (κ1) is 11.0. The molecule has 2 aromatic heterocycles. The summed E-state index contributed by atoms with van der Waals surface area (Å²) in [5, 5.41) is 15.6. The first-order valence-corrected chi connectivity index (χ1v) is 5.85. The zero-order valence-electron chi connectivity index (χ0n) is 9.42. The number of nitrogens with zero attached hydrogens (tertiary/aromatic N) is 4. The molecule has 2 heterocycles. The third-order valence-corrected chi connectivity index (χ3v) is 2.75. The van der Waals surface area contributed by atoms with Crippen LogP contribution in [-0.2, 0) is 6.54 Å². The number of hydrogen-bond acceptors (Lipinski definition) is 4. The van der Waals surface area contributed by atoms with Crippen LogP contribution >= 0.6 is 11.6 Å². The van der Waals surface area contributed by atoms with Crippen LogP contribution in [0.15, 0.2) is 42.7 Å². The molecule has 1 N–H and O–H groups in total. The number of nitrogens with one attached hydrogen (secondary N) is 1. The Morgan fingerprint density at radius 2 is 2.06 bits per heavy atom. The lowest BCUT2D eigenvalue weighted by Crippen LogP contribution is -2.03. The summed E-state index contributed by atoms with van der Waals surface area (Å²) >= 11 is 5.93. The van der Waals surface area contributed by atoms with E-state index >= 15 is 0 Å².